The number of nitrogens with zero attached hydrogens (tertiary/aromatic N) is 1. The van der Waals surface area contributed by atoms with Crippen LogP contribution in [0.3, 0.4) is 0 Å². The van der Waals surface area contributed by atoms with Crippen molar-refractivity contribution in [2.45, 2.75) is 13.8 Å². The topological polar surface area (TPSA) is 57.8 Å². The van der Waals surface area contributed by atoms with Crippen LogP contribution in [0.15, 0.2) is 41.8 Å². The standard InChI is InChI=1S/C16H15N3OS/c1-10-5-3-6-11(2)15(10)17-16(20)13-9-12(18-19-13)14-7-4-8-21-14/h3-9H,1-2H3,(H,17,20)(H,18,19). The summed E-state index contributed by atoms with van der Waals surface area (Å²) >= 11 is 1.61. The summed E-state index contributed by atoms with van der Waals surface area (Å²) in [5.74, 6) is -0.202. The molecule has 0 aliphatic carbocycles. The lowest BCUT2D eigenvalue weighted by atomic mass is 10.1. The molecule has 0 aliphatic rings. The van der Waals surface area contributed by atoms with Gasteiger partial charge >= 0.3 is 0 Å². The van der Waals surface area contributed by atoms with Gasteiger partial charge in [-0.2, -0.15) is 5.10 Å². The van der Waals surface area contributed by atoms with Crippen molar-refractivity contribution in [2.24, 2.45) is 0 Å². The number of hydrogen-bond donors (Lipinski definition) is 2. The number of anilines is 1. The number of aryl methyl sites for hydroxylation is 2. The molecule has 0 saturated heterocycles. The first-order valence-electron chi connectivity index (χ1n) is 6.62. The zero-order chi connectivity index (χ0) is 14.8. The van der Waals surface area contributed by atoms with Gasteiger partial charge in [-0.1, -0.05) is 24.3 Å². The molecule has 0 radical (unpaired) electrons. The zero-order valence-electron chi connectivity index (χ0n) is 11.8. The Morgan fingerprint density at radius 3 is 2.62 bits per heavy atom. The van der Waals surface area contributed by atoms with Gasteiger partial charge in [-0.05, 0) is 42.5 Å². The Morgan fingerprint density at radius 2 is 1.95 bits per heavy atom. The minimum absolute atomic E-state index is 0.202. The van der Waals surface area contributed by atoms with Gasteiger partial charge in [-0.15, -0.1) is 11.3 Å². The van der Waals surface area contributed by atoms with Gasteiger partial charge in [0.1, 0.15) is 0 Å². The lowest BCUT2D eigenvalue weighted by Crippen LogP contribution is -2.14. The Bertz CT molecular complexity index is 754. The summed E-state index contributed by atoms with van der Waals surface area (Å²) in [6.45, 7) is 3.95. The SMILES string of the molecule is Cc1cccc(C)c1NC(=O)c1cc(-c2cccs2)[nH]n1. The third-order valence-electron chi connectivity index (χ3n) is 3.32. The first-order chi connectivity index (χ1) is 10.1. The van der Waals surface area contributed by atoms with Gasteiger partial charge in [0.05, 0.1) is 10.6 Å². The van der Waals surface area contributed by atoms with E-state index in [9.17, 15) is 4.79 Å². The van der Waals surface area contributed by atoms with Crippen molar-refractivity contribution in [3.8, 4) is 10.6 Å². The highest BCUT2D eigenvalue weighted by Gasteiger charge is 2.14. The second kappa shape index (κ2) is 5.54. The number of para-hydroxylation sites is 1. The summed E-state index contributed by atoms with van der Waals surface area (Å²) in [4.78, 5) is 13.4. The summed E-state index contributed by atoms with van der Waals surface area (Å²) in [6.07, 6.45) is 0. The maximum atomic E-state index is 12.3. The summed E-state index contributed by atoms with van der Waals surface area (Å²) < 4.78 is 0. The average molecular weight is 297 g/mol. The van der Waals surface area contributed by atoms with Crippen molar-refractivity contribution in [1.82, 2.24) is 10.2 Å². The van der Waals surface area contributed by atoms with Crippen LogP contribution in [0.1, 0.15) is 21.6 Å². The van der Waals surface area contributed by atoms with Crippen molar-refractivity contribution >= 4 is 22.9 Å². The number of carbonyl (C=O) groups excluding carboxylic acids is 1. The van der Waals surface area contributed by atoms with E-state index in [1.807, 2.05) is 49.6 Å². The van der Waals surface area contributed by atoms with Crippen LogP contribution in [0, 0.1) is 13.8 Å². The fourth-order valence-corrected chi connectivity index (χ4v) is 2.88. The smallest absolute Gasteiger partial charge is 0.276 e. The summed E-state index contributed by atoms with van der Waals surface area (Å²) in [5, 5.41) is 11.9. The highest BCUT2D eigenvalue weighted by atomic mass is 32.1. The molecule has 2 heterocycles. The minimum Gasteiger partial charge on any atom is -0.320 e. The van der Waals surface area contributed by atoms with E-state index in [1.165, 1.54) is 0 Å². The van der Waals surface area contributed by atoms with Crippen LogP contribution in [0.4, 0.5) is 5.69 Å². The molecule has 0 spiro atoms. The Labute approximate surface area is 126 Å². The summed E-state index contributed by atoms with van der Waals surface area (Å²) in [6, 6.07) is 11.7. The van der Waals surface area contributed by atoms with Gasteiger partial charge in [0.15, 0.2) is 5.69 Å². The number of rotatable bonds is 3. The largest absolute Gasteiger partial charge is 0.320 e. The molecule has 106 valence electrons. The normalized spacial score (nSPS) is 10.6. The number of amides is 1. The van der Waals surface area contributed by atoms with Crippen LogP contribution in [0.5, 0.6) is 0 Å². The van der Waals surface area contributed by atoms with Gasteiger partial charge in [-0.3, -0.25) is 9.89 Å². The molecule has 5 heteroatoms. The molecule has 1 amide bonds. The van der Waals surface area contributed by atoms with Crippen molar-refractivity contribution in [3.05, 3.63) is 58.6 Å². The lowest BCUT2D eigenvalue weighted by Gasteiger charge is -2.09. The first kappa shape index (κ1) is 13.6. The number of thiophene rings is 1. The van der Waals surface area contributed by atoms with Gasteiger partial charge in [0, 0.05) is 5.69 Å². The summed E-state index contributed by atoms with van der Waals surface area (Å²) in [7, 11) is 0. The number of aromatic nitrogens is 2. The van der Waals surface area contributed by atoms with Gasteiger partial charge in [-0.25, -0.2) is 0 Å². The molecule has 0 atom stereocenters. The lowest BCUT2D eigenvalue weighted by molar-refractivity contribution is 0.102. The van der Waals surface area contributed by atoms with Crippen molar-refractivity contribution < 1.29 is 4.79 Å². The molecular formula is C16H15N3OS. The first-order valence-corrected chi connectivity index (χ1v) is 7.50. The molecule has 0 fully saturated rings. The van der Waals surface area contributed by atoms with E-state index in [0.717, 1.165) is 27.4 Å². The molecule has 3 aromatic rings. The molecule has 0 bridgehead atoms. The molecule has 2 N–H and O–H groups in total. The molecule has 4 nitrogen and oxygen atoms in total. The maximum absolute atomic E-state index is 12.3. The van der Waals surface area contributed by atoms with Crippen LogP contribution in [0.2, 0.25) is 0 Å². The Morgan fingerprint density at radius 1 is 1.19 bits per heavy atom. The second-order valence-corrected chi connectivity index (χ2v) is 5.81. The monoisotopic (exact) mass is 297 g/mol. The molecule has 21 heavy (non-hydrogen) atoms. The van der Waals surface area contributed by atoms with Crippen LogP contribution >= 0.6 is 11.3 Å². The van der Waals surface area contributed by atoms with Crippen molar-refractivity contribution in [1.29, 1.82) is 0 Å². The number of H-pyrrole nitrogens is 1. The van der Waals surface area contributed by atoms with Gasteiger partial charge in [0.25, 0.3) is 5.91 Å². The van der Waals surface area contributed by atoms with Gasteiger partial charge in [0.2, 0.25) is 0 Å². The van der Waals surface area contributed by atoms with E-state index >= 15 is 0 Å². The molecule has 2 aromatic heterocycles. The van der Waals surface area contributed by atoms with Crippen LogP contribution in [-0.4, -0.2) is 16.1 Å². The van der Waals surface area contributed by atoms with E-state index in [-0.39, 0.29) is 5.91 Å². The quantitative estimate of drug-likeness (QED) is 0.767. The molecular weight excluding hydrogens is 282 g/mol. The summed E-state index contributed by atoms with van der Waals surface area (Å²) in [5.41, 5.74) is 4.18. The van der Waals surface area contributed by atoms with Crippen molar-refractivity contribution in [3.63, 3.8) is 0 Å². The van der Waals surface area contributed by atoms with E-state index in [2.05, 4.69) is 15.5 Å². The maximum Gasteiger partial charge on any atom is 0.276 e. The van der Waals surface area contributed by atoms with Crippen LogP contribution < -0.4 is 5.32 Å². The van der Waals surface area contributed by atoms with E-state index in [0.29, 0.717) is 5.69 Å². The molecule has 0 saturated carbocycles. The van der Waals surface area contributed by atoms with E-state index in [4.69, 9.17) is 0 Å². The Hall–Kier alpha value is -2.40. The highest BCUT2D eigenvalue weighted by Crippen LogP contribution is 2.24. The third kappa shape index (κ3) is 2.73. The van der Waals surface area contributed by atoms with Crippen molar-refractivity contribution in [2.75, 3.05) is 5.32 Å². The number of benzene rings is 1. The zero-order valence-corrected chi connectivity index (χ0v) is 12.6. The molecule has 1 aromatic carbocycles. The number of nitrogens with one attached hydrogen (secondary N) is 2. The minimum atomic E-state index is -0.202. The van der Waals surface area contributed by atoms with E-state index < -0.39 is 0 Å². The Balaban J connectivity index is 1.83. The van der Waals surface area contributed by atoms with Crippen LogP contribution in [0.25, 0.3) is 10.6 Å². The number of aromatic amines is 1. The van der Waals surface area contributed by atoms with E-state index in [1.54, 1.807) is 17.4 Å². The van der Waals surface area contributed by atoms with Gasteiger partial charge < -0.3 is 5.32 Å². The number of carbonyl (C=O) groups is 1. The third-order valence-corrected chi connectivity index (χ3v) is 4.22. The van der Waals surface area contributed by atoms with Crippen LogP contribution in [-0.2, 0) is 0 Å². The molecule has 0 unspecified atom stereocenters. The predicted molar refractivity (Wildman–Crippen MR) is 85.8 cm³/mol. The average Bonchev–Trinajstić information content (AvgIpc) is 3.12. The molecule has 0 aliphatic heterocycles. The number of hydrogen-bond acceptors (Lipinski definition) is 3. The second-order valence-electron chi connectivity index (χ2n) is 4.87. The Kier molecular flexibility index (Phi) is 3.58. The predicted octanol–water partition coefficient (Wildman–Crippen LogP) is 4.01. The molecule has 3 rings (SSSR count). The highest BCUT2D eigenvalue weighted by molar-refractivity contribution is 7.13. The fourth-order valence-electron chi connectivity index (χ4n) is 2.19. The fraction of sp³-hybridized carbons (Fsp3) is 0.125.